The molecule has 1 aliphatic rings. The summed E-state index contributed by atoms with van der Waals surface area (Å²) in [5.41, 5.74) is 2.28. The van der Waals surface area contributed by atoms with Crippen LogP contribution in [0.1, 0.15) is 32.4 Å². The van der Waals surface area contributed by atoms with E-state index < -0.39 is 12.0 Å². The summed E-state index contributed by atoms with van der Waals surface area (Å²) in [6.07, 6.45) is 0. The summed E-state index contributed by atoms with van der Waals surface area (Å²) in [7, 11) is 1.44. The normalized spacial score (nSPS) is 16.8. The van der Waals surface area contributed by atoms with Crippen molar-refractivity contribution in [1.82, 2.24) is 10.2 Å². The van der Waals surface area contributed by atoms with Gasteiger partial charge in [-0.2, -0.15) is 0 Å². The second kappa shape index (κ2) is 9.18. The van der Waals surface area contributed by atoms with Gasteiger partial charge in [0.15, 0.2) is 0 Å². The van der Waals surface area contributed by atoms with Crippen LogP contribution < -0.4 is 10.6 Å². The Balaban J connectivity index is 2.33. The van der Waals surface area contributed by atoms with Crippen LogP contribution in [0.3, 0.4) is 0 Å². The number of benzene rings is 1. The minimum atomic E-state index is -0.622. The SMILES string of the molecule is CCOC(=O)C1=C(C)N(CC)C(=O)NC1c1ccc(NC(=O)COC)cc1. The van der Waals surface area contributed by atoms with Crippen molar-refractivity contribution in [2.24, 2.45) is 0 Å². The minimum Gasteiger partial charge on any atom is -0.463 e. The van der Waals surface area contributed by atoms with Gasteiger partial charge in [0, 0.05) is 25.0 Å². The summed E-state index contributed by atoms with van der Waals surface area (Å²) in [6.45, 7) is 5.96. The first-order valence-electron chi connectivity index (χ1n) is 8.77. The maximum absolute atomic E-state index is 12.5. The number of nitrogens with zero attached hydrogens (tertiary/aromatic N) is 1. The maximum Gasteiger partial charge on any atom is 0.338 e. The van der Waals surface area contributed by atoms with Crippen molar-refractivity contribution in [2.45, 2.75) is 26.8 Å². The average Bonchev–Trinajstić information content (AvgIpc) is 2.62. The number of nitrogens with one attached hydrogen (secondary N) is 2. The van der Waals surface area contributed by atoms with Crippen molar-refractivity contribution >= 4 is 23.6 Å². The Morgan fingerprint density at radius 3 is 2.44 bits per heavy atom. The molecule has 27 heavy (non-hydrogen) atoms. The number of esters is 1. The van der Waals surface area contributed by atoms with Crippen molar-refractivity contribution in [3.8, 4) is 0 Å². The minimum absolute atomic E-state index is 0.0395. The molecule has 3 amide bonds. The Bertz CT molecular complexity index is 742. The van der Waals surface area contributed by atoms with Crippen LogP contribution in [0.2, 0.25) is 0 Å². The molecule has 0 bridgehead atoms. The first-order chi connectivity index (χ1) is 12.9. The van der Waals surface area contributed by atoms with Gasteiger partial charge in [-0.15, -0.1) is 0 Å². The van der Waals surface area contributed by atoms with E-state index in [1.165, 1.54) is 12.0 Å². The van der Waals surface area contributed by atoms with Gasteiger partial charge < -0.3 is 20.1 Å². The van der Waals surface area contributed by atoms with Crippen LogP contribution in [-0.4, -0.2) is 49.7 Å². The molecule has 1 heterocycles. The number of urea groups is 1. The zero-order valence-corrected chi connectivity index (χ0v) is 16.0. The molecule has 1 atom stereocenters. The molecule has 0 saturated carbocycles. The molecule has 0 radical (unpaired) electrons. The van der Waals surface area contributed by atoms with Gasteiger partial charge in [0.25, 0.3) is 0 Å². The van der Waals surface area contributed by atoms with Crippen LogP contribution in [0.25, 0.3) is 0 Å². The fourth-order valence-corrected chi connectivity index (χ4v) is 2.97. The van der Waals surface area contributed by atoms with E-state index in [9.17, 15) is 14.4 Å². The highest BCUT2D eigenvalue weighted by Crippen LogP contribution is 2.31. The van der Waals surface area contributed by atoms with Crippen molar-refractivity contribution < 1.29 is 23.9 Å². The predicted octanol–water partition coefficient (Wildman–Crippen LogP) is 2.19. The van der Waals surface area contributed by atoms with Gasteiger partial charge in [0.2, 0.25) is 5.91 Å². The lowest BCUT2D eigenvalue weighted by Crippen LogP contribution is -2.47. The molecule has 0 spiro atoms. The number of amides is 3. The third kappa shape index (κ3) is 4.65. The van der Waals surface area contributed by atoms with Crippen molar-refractivity contribution in [3.05, 3.63) is 41.1 Å². The molecule has 0 aliphatic carbocycles. The van der Waals surface area contributed by atoms with E-state index >= 15 is 0 Å². The Labute approximate surface area is 158 Å². The Hall–Kier alpha value is -2.87. The van der Waals surface area contributed by atoms with Gasteiger partial charge in [-0.25, -0.2) is 9.59 Å². The summed E-state index contributed by atoms with van der Waals surface area (Å²) in [6, 6.07) is 6.02. The lowest BCUT2D eigenvalue weighted by molar-refractivity contribution is -0.139. The molecule has 1 aromatic rings. The second-order valence-corrected chi connectivity index (χ2v) is 5.95. The number of hydrogen-bond donors (Lipinski definition) is 2. The Morgan fingerprint density at radius 1 is 1.22 bits per heavy atom. The van der Waals surface area contributed by atoms with E-state index in [2.05, 4.69) is 10.6 Å². The molecule has 0 saturated heterocycles. The summed E-state index contributed by atoms with van der Waals surface area (Å²) in [5.74, 6) is -0.728. The van der Waals surface area contributed by atoms with Crippen LogP contribution in [0.5, 0.6) is 0 Å². The lowest BCUT2D eigenvalue weighted by atomic mass is 9.94. The molecule has 2 rings (SSSR count). The molecule has 1 unspecified atom stereocenters. The Kier molecular flexibility index (Phi) is 6.95. The molecule has 2 N–H and O–H groups in total. The number of carbonyl (C=O) groups is 3. The molecule has 0 fully saturated rings. The smallest absolute Gasteiger partial charge is 0.338 e. The lowest BCUT2D eigenvalue weighted by Gasteiger charge is -2.34. The highest BCUT2D eigenvalue weighted by Gasteiger charge is 2.35. The summed E-state index contributed by atoms with van der Waals surface area (Å²) >= 11 is 0. The Morgan fingerprint density at radius 2 is 1.89 bits per heavy atom. The zero-order chi connectivity index (χ0) is 20.0. The number of ether oxygens (including phenoxy) is 2. The van der Waals surface area contributed by atoms with E-state index in [0.717, 1.165) is 0 Å². The zero-order valence-electron chi connectivity index (χ0n) is 16.0. The molecule has 1 aromatic carbocycles. The number of anilines is 1. The first kappa shape index (κ1) is 20.4. The number of hydrogen-bond acceptors (Lipinski definition) is 5. The van der Waals surface area contributed by atoms with Gasteiger partial charge in [-0.1, -0.05) is 12.1 Å². The third-order valence-corrected chi connectivity index (χ3v) is 4.21. The quantitative estimate of drug-likeness (QED) is 0.712. The summed E-state index contributed by atoms with van der Waals surface area (Å²) < 4.78 is 9.97. The van der Waals surface area contributed by atoms with Crippen molar-refractivity contribution in [2.75, 3.05) is 32.2 Å². The topological polar surface area (TPSA) is 97.0 Å². The number of carbonyl (C=O) groups excluding carboxylic acids is 3. The number of rotatable bonds is 7. The molecule has 0 aromatic heterocycles. The van der Waals surface area contributed by atoms with Crippen LogP contribution in [0, 0.1) is 0 Å². The largest absolute Gasteiger partial charge is 0.463 e. The van der Waals surface area contributed by atoms with Gasteiger partial charge in [0.05, 0.1) is 18.2 Å². The highest BCUT2D eigenvalue weighted by atomic mass is 16.5. The van der Waals surface area contributed by atoms with Crippen molar-refractivity contribution in [1.29, 1.82) is 0 Å². The van der Waals surface area contributed by atoms with E-state index in [0.29, 0.717) is 29.1 Å². The van der Waals surface area contributed by atoms with E-state index in [1.54, 1.807) is 38.1 Å². The predicted molar refractivity (Wildman–Crippen MR) is 99.9 cm³/mol. The molecular formula is C19H25N3O5. The third-order valence-electron chi connectivity index (χ3n) is 4.21. The van der Waals surface area contributed by atoms with Crippen LogP contribution in [-0.2, 0) is 19.1 Å². The van der Waals surface area contributed by atoms with Crippen LogP contribution in [0.15, 0.2) is 35.5 Å². The van der Waals surface area contributed by atoms with E-state index in [1.807, 2.05) is 6.92 Å². The molecule has 146 valence electrons. The number of methoxy groups -OCH3 is 1. The molecule has 1 aliphatic heterocycles. The van der Waals surface area contributed by atoms with Gasteiger partial charge in [-0.05, 0) is 38.5 Å². The van der Waals surface area contributed by atoms with Gasteiger partial charge in [0.1, 0.15) is 6.61 Å². The van der Waals surface area contributed by atoms with Gasteiger partial charge >= 0.3 is 12.0 Å². The van der Waals surface area contributed by atoms with Crippen LogP contribution in [0.4, 0.5) is 10.5 Å². The highest BCUT2D eigenvalue weighted by molar-refractivity contribution is 5.95. The maximum atomic E-state index is 12.5. The average molecular weight is 375 g/mol. The fraction of sp³-hybridized carbons (Fsp3) is 0.421. The van der Waals surface area contributed by atoms with E-state index in [4.69, 9.17) is 9.47 Å². The summed E-state index contributed by atoms with van der Waals surface area (Å²) in [4.78, 5) is 38.0. The van der Waals surface area contributed by atoms with Gasteiger partial charge in [-0.3, -0.25) is 9.69 Å². The molecule has 8 nitrogen and oxygen atoms in total. The standard InChI is InChI=1S/C19H25N3O5/c1-5-22-12(3)16(18(24)27-6-2)17(21-19(22)25)13-7-9-14(10-8-13)20-15(23)11-26-4/h7-10,17H,5-6,11H2,1-4H3,(H,20,23)(H,21,25). The van der Waals surface area contributed by atoms with Crippen LogP contribution >= 0.6 is 0 Å². The van der Waals surface area contributed by atoms with Crippen molar-refractivity contribution in [3.63, 3.8) is 0 Å². The summed E-state index contributed by atoms with van der Waals surface area (Å²) in [5, 5.41) is 5.55. The number of allylic oxidation sites excluding steroid dienone is 1. The fourth-order valence-electron chi connectivity index (χ4n) is 2.97. The second-order valence-electron chi connectivity index (χ2n) is 5.95. The monoisotopic (exact) mass is 375 g/mol. The molecular weight excluding hydrogens is 350 g/mol. The van der Waals surface area contributed by atoms with E-state index in [-0.39, 0.29) is 25.2 Å². The first-order valence-corrected chi connectivity index (χ1v) is 8.77. The molecule has 8 heteroatoms.